The minimum absolute atomic E-state index is 0.00144. The third-order valence-electron chi connectivity index (χ3n) is 4.41. The molecule has 0 unspecified atom stereocenters. The van der Waals surface area contributed by atoms with Gasteiger partial charge >= 0.3 is 6.18 Å². The number of thioether (sulfide) groups is 1. The summed E-state index contributed by atoms with van der Waals surface area (Å²) in [7, 11) is 0. The number of hydrogen-bond acceptors (Lipinski definition) is 6. The largest absolute Gasteiger partial charge is 0.457 e. The van der Waals surface area contributed by atoms with Gasteiger partial charge in [-0.25, -0.2) is 4.99 Å². The summed E-state index contributed by atoms with van der Waals surface area (Å²) in [5.74, 6) is 0.263. The van der Waals surface area contributed by atoms with Crippen molar-refractivity contribution in [2.45, 2.75) is 6.18 Å². The second-order valence-corrected chi connectivity index (χ2v) is 8.09. The number of amidine groups is 1. The van der Waals surface area contributed by atoms with Gasteiger partial charge in [0.05, 0.1) is 26.1 Å². The van der Waals surface area contributed by atoms with E-state index in [1.807, 2.05) is 0 Å². The monoisotopic (exact) mass is 493 g/mol. The number of carbonyl (C=O) groups is 1. The molecule has 2 heterocycles. The van der Waals surface area contributed by atoms with Crippen molar-refractivity contribution in [1.82, 2.24) is 5.32 Å². The summed E-state index contributed by atoms with van der Waals surface area (Å²) in [6.07, 6.45) is -3.11. The van der Waals surface area contributed by atoms with E-state index >= 15 is 0 Å². The van der Waals surface area contributed by atoms with E-state index in [-0.39, 0.29) is 26.5 Å². The molecule has 0 bridgehead atoms. The maximum Gasteiger partial charge on any atom is 0.416 e. The lowest BCUT2D eigenvalue weighted by Crippen LogP contribution is -2.19. The van der Waals surface area contributed by atoms with Gasteiger partial charge < -0.3 is 9.73 Å². The number of benzene rings is 2. The fourth-order valence-corrected chi connectivity index (χ4v) is 3.80. The fraction of sp³-hybridized carbons (Fsp3) is 0.0476. The van der Waals surface area contributed by atoms with Gasteiger partial charge in [0.25, 0.3) is 11.6 Å². The molecule has 7 nitrogen and oxygen atoms in total. The van der Waals surface area contributed by atoms with Crippen LogP contribution < -0.4 is 5.32 Å². The van der Waals surface area contributed by atoms with E-state index in [9.17, 15) is 28.1 Å². The molecule has 0 spiro atoms. The van der Waals surface area contributed by atoms with E-state index in [1.165, 1.54) is 30.3 Å². The molecule has 1 aliphatic heterocycles. The van der Waals surface area contributed by atoms with Crippen LogP contribution in [0.2, 0.25) is 5.02 Å². The van der Waals surface area contributed by atoms with Crippen LogP contribution >= 0.6 is 23.4 Å². The Balaban J connectivity index is 1.55. The summed E-state index contributed by atoms with van der Waals surface area (Å²) >= 11 is 6.87. The second kappa shape index (κ2) is 8.75. The molecule has 2 aromatic carbocycles. The van der Waals surface area contributed by atoms with Crippen LogP contribution in [0.15, 0.2) is 68.9 Å². The Morgan fingerprint density at radius 3 is 2.52 bits per heavy atom. The number of aliphatic imine (C=N–C) groups is 1. The van der Waals surface area contributed by atoms with Gasteiger partial charge in [-0.2, -0.15) is 13.2 Å². The van der Waals surface area contributed by atoms with Crippen molar-refractivity contribution in [3.8, 4) is 11.3 Å². The Bertz CT molecular complexity index is 1320. The normalized spacial score (nSPS) is 16.4. The minimum atomic E-state index is -4.56. The van der Waals surface area contributed by atoms with E-state index in [1.54, 1.807) is 12.1 Å². The molecule has 0 aliphatic carbocycles. The summed E-state index contributed by atoms with van der Waals surface area (Å²) < 4.78 is 44.5. The predicted molar refractivity (Wildman–Crippen MR) is 118 cm³/mol. The zero-order valence-electron chi connectivity index (χ0n) is 16.2. The second-order valence-electron chi connectivity index (χ2n) is 6.65. The van der Waals surface area contributed by atoms with Crippen molar-refractivity contribution in [3.63, 3.8) is 0 Å². The number of nitro benzene ring substituents is 1. The maximum absolute atomic E-state index is 12.9. The molecule has 1 aromatic heterocycles. The van der Waals surface area contributed by atoms with Crippen LogP contribution in [0, 0.1) is 10.1 Å². The molecule has 0 radical (unpaired) electrons. The minimum Gasteiger partial charge on any atom is -0.457 e. The van der Waals surface area contributed by atoms with Gasteiger partial charge in [0.15, 0.2) is 5.17 Å². The van der Waals surface area contributed by atoms with Gasteiger partial charge in [-0.15, -0.1) is 0 Å². The Kier molecular flexibility index (Phi) is 6.00. The first-order valence-electron chi connectivity index (χ1n) is 9.11. The third kappa shape index (κ3) is 5.10. The smallest absolute Gasteiger partial charge is 0.416 e. The molecular weight excluding hydrogens is 483 g/mol. The lowest BCUT2D eigenvalue weighted by atomic mass is 10.1. The van der Waals surface area contributed by atoms with Crippen LogP contribution in [0.25, 0.3) is 17.4 Å². The molecule has 0 saturated carbocycles. The molecule has 1 fully saturated rings. The van der Waals surface area contributed by atoms with E-state index in [4.69, 9.17) is 16.0 Å². The molecule has 1 N–H and O–H groups in total. The van der Waals surface area contributed by atoms with Gasteiger partial charge in [0, 0.05) is 23.8 Å². The van der Waals surface area contributed by atoms with E-state index in [0.29, 0.717) is 17.1 Å². The van der Waals surface area contributed by atoms with Crippen LogP contribution in [-0.4, -0.2) is 16.0 Å². The molecule has 1 aliphatic rings. The lowest BCUT2D eigenvalue weighted by Gasteiger charge is -2.08. The van der Waals surface area contributed by atoms with Gasteiger partial charge in [0.1, 0.15) is 11.5 Å². The first kappa shape index (κ1) is 22.6. The molecule has 33 heavy (non-hydrogen) atoms. The van der Waals surface area contributed by atoms with Crippen molar-refractivity contribution in [1.29, 1.82) is 0 Å². The predicted octanol–water partition coefficient (Wildman–Crippen LogP) is 6.42. The summed E-state index contributed by atoms with van der Waals surface area (Å²) in [5.41, 5.74) is -0.491. The number of rotatable bonds is 4. The van der Waals surface area contributed by atoms with Crippen LogP contribution in [-0.2, 0) is 11.0 Å². The van der Waals surface area contributed by atoms with E-state index < -0.39 is 22.6 Å². The molecule has 12 heteroatoms. The van der Waals surface area contributed by atoms with Crippen molar-refractivity contribution < 1.29 is 27.3 Å². The lowest BCUT2D eigenvalue weighted by molar-refractivity contribution is -0.384. The van der Waals surface area contributed by atoms with Gasteiger partial charge in [0.2, 0.25) is 0 Å². The topological polar surface area (TPSA) is 97.7 Å². The van der Waals surface area contributed by atoms with Gasteiger partial charge in [-0.3, -0.25) is 14.9 Å². The van der Waals surface area contributed by atoms with E-state index in [0.717, 1.165) is 30.0 Å². The highest BCUT2D eigenvalue weighted by atomic mass is 35.5. The molecule has 0 atom stereocenters. The number of nitro groups is 1. The zero-order chi connectivity index (χ0) is 23.8. The van der Waals surface area contributed by atoms with E-state index in [2.05, 4.69) is 10.3 Å². The average molecular weight is 494 g/mol. The zero-order valence-corrected chi connectivity index (χ0v) is 17.8. The van der Waals surface area contributed by atoms with Crippen molar-refractivity contribution in [2.75, 3.05) is 0 Å². The molecular formula is C21H11ClF3N3O4S. The number of furan rings is 1. The summed E-state index contributed by atoms with van der Waals surface area (Å²) in [4.78, 5) is 26.8. The number of alkyl halides is 3. The highest BCUT2D eigenvalue weighted by molar-refractivity contribution is 8.18. The third-order valence-corrected chi connectivity index (χ3v) is 5.64. The SMILES string of the molecule is O=C1NC(=Nc2cc(C(F)(F)F)ccc2Cl)SC1=Cc1ccc(-c2ccc([N+](=O)[O-])cc2)o1. The Labute approximate surface area is 193 Å². The number of non-ortho nitro benzene ring substituents is 1. The van der Waals surface area contributed by atoms with Crippen molar-refractivity contribution in [2.24, 2.45) is 4.99 Å². The maximum atomic E-state index is 12.9. The summed E-state index contributed by atoms with van der Waals surface area (Å²) in [6.45, 7) is 0. The number of carbonyl (C=O) groups excluding carboxylic acids is 1. The Hall–Kier alpha value is -3.57. The molecule has 168 valence electrons. The van der Waals surface area contributed by atoms with Crippen LogP contribution in [0.5, 0.6) is 0 Å². The number of nitrogens with one attached hydrogen (secondary N) is 1. The number of halogens is 4. The Morgan fingerprint density at radius 2 is 1.85 bits per heavy atom. The first-order valence-corrected chi connectivity index (χ1v) is 10.3. The van der Waals surface area contributed by atoms with Gasteiger partial charge in [-0.05, 0) is 54.2 Å². The Morgan fingerprint density at radius 1 is 1.12 bits per heavy atom. The molecule has 4 rings (SSSR count). The fourth-order valence-electron chi connectivity index (χ4n) is 2.83. The quantitative estimate of drug-likeness (QED) is 0.257. The number of nitrogens with zero attached hydrogens (tertiary/aromatic N) is 2. The summed E-state index contributed by atoms with van der Waals surface area (Å²) in [6, 6.07) is 11.7. The first-order chi connectivity index (χ1) is 15.6. The van der Waals surface area contributed by atoms with Crippen molar-refractivity contribution >= 4 is 51.9 Å². The molecule has 1 saturated heterocycles. The summed E-state index contributed by atoms with van der Waals surface area (Å²) in [5, 5.41) is 13.3. The van der Waals surface area contributed by atoms with Gasteiger partial charge in [-0.1, -0.05) is 11.6 Å². The van der Waals surface area contributed by atoms with Crippen LogP contribution in [0.4, 0.5) is 24.5 Å². The van der Waals surface area contributed by atoms with Crippen LogP contribution in [0.3, 0.4) is 0 Å². The highest BCUT2D eigenvalue weighted by Crippen LogP contribution is 2.37. The van der Waals surface area contributed by atoms with Crippen molar-refractivity contribution in [3.05, 3.63) is 86.0 Å². The van der Waals surface area contributed by atoms with Crippen LogP contribution in [0.1, 0.15) is 11.3 Å². The number of hydrogen-bond donors (Lipinski definition) is 1. The molecule has 3 aromatic rings. The number of amides is 1. The standard InChI is InChI=1S/C21H11ClF3N3O4S/c22-15-7-3-12(21(23,24)25)9-16(15)26-20-27-19(29)18(33-20)10-14-6-8-17(32-14)11-1-4-13(5-2-11)28(30)31/h1-10H,(H,26,27,29). The average Bonchev–Trinajstić information content (AvgIpc) is 3.36. The highest BCUT2D eigenvalue weighted by Gasteiger charge is 2.31. The molecule has 1 amide bonds.